The van der Waals surface area contributed by atoms with Gasteiger partial charge in [-0.2, -0.15) is 0 Å². The summed E-state index contributed by atoms with van der Waals surface area (Å²) in [6.07, 6.45) is 7.43. The minimum Gasteiger partial charge on any atom is -0.474 e. The van der Waals surface area contributed by atoms with Gasteiger partial charge in [-0.1, -0.05) is 6.92 Å². The molecular formula is C29H38N6O4S. The Bertz CT molecular complexity index is 1580. The molecule has 1 fully saturated rings. The molecule has 40 heavy (non-hydrogen) atoms. The Morgan fingerprint density at radius 2 is 1.98 bits per heavy atom. The molecule has 4 heterocycles. The number of nitrogens with zero attached hydrogens (tertiary/aromatic N) is 3. The van der Waals surface area contributed by atoms with Gasteiger partial charge in [0, 0.05) is 39.2 Å². The third kappa shape index (κ3) is 5.12. The maximum Gasteiger partial charge on any atom is 0.340 e. The number of fused-ring (bicyclic) bond motifs is 3. The first kappa shape index (κ1) is 28.2. The Labute approximate surface area is 235 Å². The number of carbonyl (C=O) groups is 1. The molecule has 0 aromatic carbocycles. The molecule has 0 radical (unpaired) electrons. The number of aromatic nitrogens is 3. The Hall–Kier alpha value is -3.31. The largest absolute Gasteiger partial charge is 0.474 e. The Morgan fingerprint density at radius 1 is 1.25 bits per heavy atom. The quantitative estimate of drug-likeness (QED) is 0.298. The third-order valence-electron chi connectivity index (χ3n) is 8.52. The van der Waals surface area contributed by atoms with Crippen LogP contribution in [0.2, 0.25) is 0 Å². The second-order valence-electron chi connectivity index (χ2n) is 11.7. The summed E-state index contributed by atoms with van der Waals surface area (Å²) in [7, 11) is -2.68. The van der Waals surface area contributed by atoms with Gasteiger partial charge in [-0.25, -0.2) is 24.0 Å². The van der Waals surface area contributed by atoms with Gasteiger partial charge in [0.25, 0.3) is 0 Å². The molecule has 1 aliphatic heterocycles. The van der Waals surface area contributed by atoms with Crippen molar-refractivity contribution >= 4 is 38.1 Å². The fourth-order valence-electron chi connectivity index (χ4n) is 5.32. The van der Waals surface area contributed by atoms with Crippen LogP contribution >= 0.6 is 0 Å². The molecule has 0 bridgehead atoms. The second kappa shape index (κ2) is 9.95. The van der Waals surface area contributed by atoms with Crippen LogP contribution in [-0.4, -0.2) is 48.8 Å². The molecule has 10 nitrogen and oxygen atoms in total. The van der Waals surface area contributed by atoms with Crippen LogP contribution in [0.25, 0.3) is 10.8 Å². The topological polar surface area (TPSA) is 153 Å². The standard InChI is InChI=1S/C29H38N6O4S/c1-7-28(5,30)22-15-33-26(38-16(2)12-17(3)40(6,31)37)21-14-32-24(13-20(21)22)34-23-9-8-19-25(35-23)29(10-11-29)18(4)39-27(19)36/h8-9,13-18,31H,7,10-12,30H2,1-6H3,(H,32,34,35)/t16-,17-,18-,28-,40?/m1/s1. The van der Waals surface area contributed by atoms with Gasteiger partial charge in [-0.05, 0) is 82.5 Å². The minimum absolute atomic E-state index is 0.200. The van der Waals surface area contributed by atoms with E-state index in [1.165, 1.54) is 6.26 Å². The van der Waals surface area contributed by atoms with E-state index in [2.05, 4.69) is 15.3 Å². The molecule has 3 aromatic heterocycles. The van der Waals surface area contributed by atoms with Gasteiger partial charge in [0.1, 0.15) is 17.7 Å². The zero-order chi connectivity index (χ0) is 29.0. The van der Waals surface area contributed by atoms with E-state index in [4.69, 9.17) is 25.0 Å². The second-order valence-corrected chi connectivity index (χ2v) is 14.3. The zero-order valence-electron chi connectivity index (χ0n) is 23.9. The van der Waals surface area contributed by atoms with E-state index in [0.29, 0.717) is 41.3 Å². The molecule has 214 valence electrons. The number of rotatable bonds is 9. The highest BCUT2D eigenvalue weighted by molar-refractivity contribution is 7.92. The highest BCUT2D eigenvalue weighted by Crippen LogP contribution is 2.54. The first-order valence-corrected chi connectivity index (χ1v) is 15.7. The lowest BCUT2D eigenvalue weighted by Gasteiger charge is -2.30. The average molecular weight is 567 g/mol. The number of hydrogen-bond donors (Lipinski definition) is 3. The van der Waals surface area contributed by atoms with Crippen LogP contribution in [-0.2, 0) is 25.4 Å². The molecule has 2 aliphatic rings. The maximum absolute atomic E-state index is 12.5. The van der Waals surface area contributed by atoms with Crippen molar-refractivity contribution in [2.45, 2.75) is 88.7 Å². The summed E-state index contributed by atoms with van der Waals surface area (Å²) >= 11 is 0. The maximum atomic E-state index is 12.5. The van der Waals surface area contributed by atoms with Gasteiger partial charge >= 0.3 is 5.97 Å². The van der Waals surface area contributed by atoms with E-state index in [1.54, 1.807) is 31.5 Å². The first-order chi connectivity index (χ1) is 18.7. The number of anilines is 2. The molecule has 4 N–H and O–H groups in total. The lowest BCUT2D eigenvalue weighted by molar-refractivity contribution is 0.0183. The van der Waals surface area contributed by atoms with Gasteiger partial charge in [-0.15, -0.1) is 0 Å². The van der Waals surface area contributed by atoms with Crippen LogP contribution in [0.3, 0.4) is 0 Å². The van der Waals surface area contributed by atoms with E-state index in [9.17, 15) is 9.00 Å². The van der Waals surface area contributed by atoms with Crippen LogP contribution < -0.4 is 15.8 Å². The third-order valence-corrected chi connectivity index (χ3v) is 10.3. The van der Waals surface area contributed by atoms with Gasteiger partial charge in [0.15, 0.2) is 0 Å². The summed E-state index contributed by atoms with van der Waals surface area (Å²) in [6.45, 7) is 9.61. The van der Waals surface area contributed by atoms with Gasteiger partial charge in [-0.3, -0.25) is 4.78 Å². The Morgan fingerprint density at radius 3 is 2.62 bits per heavy atom. The summed E-state index contributed by atoms with van der Waals surface area (Å²) in [5.41, 5.74) is 8.01. The van der Waals surface area contributed by atoms with Crippen molar-refractivity contribution in [3.05, 3.63) is 47.4 Å². The fourth-order valence-corrected chi connectivity index (χ4v) is 5.96. The van der Waals surface area contributed by atoms with Crippen LogP contribution in [0.4, 0.5) is 11.6 Å². The summed E-state index contributed by atoms with van der Waals surface area (Å²) in [6, 6.07) is 5.45. The number of carbonyl (C=O) groups excluding carboxylic acids is 1. The lowest BCUT2D eigenvalue weighted by atomic mass is 9.88. The summed E-state index contributed by atoms with van der Waals surface area (Å²) in [5, 5.41) is 4.55. The number of nitrogens with two attached hydrogens (primary N) is 1. The first-order valence-electron chi connectivity index (χ1n) is 13.7. The molecule has 1 aliphatic carbocycles. The summed E-state index contributed by atoms with van der Waals surface area (Å²) in [4.78, 5) is 26.5. The normalized spacial score (nSPS) is 22.0. The van der Waals surface area contributed by atoms with Gasteiger partial charge in [0.05, 0.1) is 28.2 Å². The highest BCUT2D eigenvalue weighted by atomic mass is 32.2. The van der Waals surface area contributed by atoms with Crippen molar-refractivity contribution in [2.24, 2.45) is 5.73 Å². The Kier molecular flexibility index (Phi) is 7.02. The molecule has 3 aromatic rings. The number of ether oxygens (including phenoxy) is 2. The Balaban J connectivity index is 1.50. The average Bonchev–Trinajstić information content (AvgIpc) is 3.69. The van der Waals surface area contributed by atoms with E-state index in [1.807, 2.05) is 33.8 Å². The molecule has 0 saturated heterocycles. The van der Waals surface area contributed by atoms with Crippen LogP contribution in [0.15, 0.2) is 30.6 Å². The summed E-state index contributed by atoms with van der Waals surface area (Å²) in [5.74, 6) is 1.25. The number of hydrogen-bond acceptors (Lipinski definition) is 10. The molecule has 0 amide bonds. The zero-order valence-corrected chi connectivity index (χ0v) is 24.7. The van der Waals surface area contributed by atoms with E-state index in [0.717, 1.165) is 29.5 Å². The van der Waals surface area contributed by atoms with Crippen LogP contribution in [0.5, 0.6) is 5.88 Å². The molecule has 1 spiro atoms. The van der Waals surface area contributed by atoms with Gasteiger partial charge < -0.3 is 20.5 Å². The van der Waals surface area contributed by atoms with Crippen LogP contribution in [0, 0.1) is 4.78 Å². The SMILES string of the molecule is CC[C@@](C)(N)c1cnc(O[C@H](C)C[C@@H](C)S(C)(=N)=O)c2cnc(Nc3ccc4c(n3)C3(CC3)[C@@H](C)OC4=O)cc12. The van der Waals surface area contributed by atoms with E-state index in [-0.39, 0.29) is 28.8 Å². The van der Waals surface area contributed by atoms with Crippen molar-refractivity contribution in [3.8, 4) is 5.88 Å². The molecule has 5 rings (SSSR count). The molecule has 1 saturated carbocycles. The molecular weight excluding hydrogens is 528 g/mol. The molecule has 11 heteroatoms. The monoisotopic (exact) mass is 566 g/mol. The van der Waals surface area contributed by atoms with Gasteiger partial charge in [0.2, 0.25) is 5.88 Å². The fraction of sp³-hybridized carbons (Fsp3) is 0.517. The number of esters is 1. The van der Waals surface area contributed by atoms with E-state index < -0.39 is 15.3 Å². The molecule has 5 atom stereocenters. The summed E-state index contributed by atoms with van der Waals surface area (Å²) < 4.78 is 31.8. The van der Waals surface area contributed by atoms with Crippen molar-refractivity contribution in [1.29, 1.82) is 4.78 Å². The highest BCUT2D eigenvalue weighted by Gasteiger charge is 2.56. The predicted molar refractivity (Wildman–Crippen MR) is 156 cm³/mol. The number of cyclic esters (lactones) is 1. The van der Waals surface area contributed by atoms with Crippen molar-refractivity contribution < 1.29 is 18.5 Å². The van der Waals surface area contributed by atoms with Crippen molar-refractivity contribution in [1.82, 2.24) is 15.0 Å². The van der Waals surface area contributed by atoms with Crippen molar-refractivity contribution in [3.63, 3.8) is 0 Å². The van der Waals surface area contributed by atoms with E-state index >= 15 is 0 Å². The smallest absolute Gasteiger partial charge is 0.340 e. The van der Waals surface area contributed by atoms with Crippen molar-refractivity contribution in [2.75, 3.05) is 11.6 Å². The lowest BCUT2D eigenvalue weighted by Crippen LogP contribution is -2.36. The predicted octanol–water partition coefficient (Wildman–Crippen LogP) is 5.17. The number of pyridine rings is 3. The molecule has 1 unspecified atom stereocenters. The minimum atomic E-state index is -2.68. The van der Waals surface area contributed by atoms with Crippen LogP contribution in [0.1, 0.15) is 81.9 Å². The number of nitrogens with one attached hydrogen (secondary N) is 2.